The average Bonchev–Trinajstić information content (AvgIpc) is 3.08. The Morgan fingerprint density at radius 2 is 1.69 bits per heavy atom. The summed E-state index contributed by atoms with van der Waals surface area (Å²) in [7, 11) is -3.80. The van der Waals surface area contributed by atoms with Gasteiger partial charge in [-0.15, -0.1) is 12.4 Å². The van der Waals surface area contributed by atoms with Gasteiger partial charge in [0.05, 0.1) is 4.90 Å². The lowest BCUT2D eigenvalue weighted by Gasteiger charge is -2.20. The van der Waals surface area contributed by atoms with Gasteiger partial charge in [0.2, 0.25) is 10.0 Å². The van der Waals surface area contributed by atoms with Gasteiger partial charge in [-0.05, 0) is 37.4 Å². The van der Waals surface area contributed by atoms with Crippen LogP contribution in [0.25, 0.3) is 0 Å². The van der Waals surface area contributed by atoms with E-state index >= 15 is 0 Å². The van der Waals surface area contributed by atoms with Crippen LogP contribution in [0.3, 0.4) is 0 Å². The van der Waals surface area contributed by atoms with E-state index in [9.17, 15) is 13.2 Å². The summed E-state index contributed by atoms with van der Waals surface area (Å²) in [5.41, 5.74) is 6.39. The molecule has 0 bridgehead atoms. The van der Waals surface area contributed by atoms with Crippen LogP contribution in [0.1, 0.15) is 35.2 Å². The SMILES string of the molecule is Cl.NCC1CCCC1NS(=O)(=O)c1ccccc1C(=O)c1ccccc1. The summed E-state index contributed by atoms with van der Waals surface area (Å²) in [5, 5.41) is 0. The lowest BCUT2D eigenvalue weighted by atomic mass is 10.0. The van der Waals surface area contributed by atoms with E-state index in [2.05, 4.69) is 4.72 Å². The minimum Gasteiger partial charge on any atom is -0.330 e. The fourth-order valence-corrected chi connectivity index (χ4v) is 4.91. The molecule has 140 valence electrons. The van der Waals surface area contributed by atoms with Crippen molar-refractivity contribution in [3.63, 3.8) is 0 Å². The van der Waals surface area contributed by atoms with Crippen LogP contribution in [0.2, 0.25) is 0 Å². The molecular formula is C19H23ClN2O3S. The molecule has 0 aromatic heterocycles. The fourth-order valence-electron chi connectivity index (χ4n) is 3.37. The number of sulfonamides is 1. The monoisotopic (exact) mass is 394 g/mol. The lowest BCUT2D eigenvalue weighted by Crippen LogP contribution is -2.40. The second-order valence-electron chi connectivity index (χ2n) is 6.35. The molecule has 1 fully saturated rings. The molecule has 26 heavy (non-hydrogen) atoms. The first-order valence-corrected chi connectivity index (χ1v) is 9.92. The molecule has 0 amide bonds. The van der Waals surface area contributed by atoms with Crippen molar-refractivity contribution in [2.75, 3.05) is 6.54 Å². The fraction of sp³-hybridized carbons (Fsp3) is 0.316. The Morgan fingerprint density at radius 3 is 2.38 bits per heavy atom. The number of hydrogen-bond donors (Lipinski definition) is 2. The molecule has 0 radical (unpaired) electrons. The van der Waals surface area contributed by atoms with Gasteiger partial charge in [0.15, 0.2) is 5.78 Å². The Morgan fingerprint density at radius 1 is 1.04 bits per heavy atom. The van der Waals surface area contributed by atoms with Gasteiger partial charge < -0.3 is 5.73 Å². The molecule has 2 aromatic carbocycles. The van der Waals surface area contributed by atoms with Gasteiger partial charge in [-0.1, -0.05) is 48.9 Å². The highest BCUT2D eigenvalue weighted by molar-refractivity contribution is 7.89. The molecule has 0 heterocycles. The molecule has 0 spiro atoms. The van der Waals surface area contributed by atoms with Crippen LogP contribution in [-0.2, 0) is 10.0 Å². The van der Waals surface area contributed by atoms with Crippen molar-refractivity contribution in [3.05, 3.63) is 65.7 Å². The van der Waals surface area contributed by atoms with Crippen molar-refractivity contribution >= 4 is 28.2 Å². The molecule has 0 saturated heterocycles. The molecule has 2 aromatic rings. The third-order valence-corrected chi connectivity index (χ3v) is 6.27. The summed E-state index contributed by atoms with van der Waals surface area (Å²) in [6.07, 6.45) is 2.66. The van der Waals surface area contributed by atoms with Crippen molar-refractivity contribution in [1.29, 1.82) is 0 Å². The summed E-state index contributed by atoms with van der Waals surface area (Å²) in [5.74, 6) is -0.157. The smallest absolute Gasteiger partial charge is 0.241 e. The summed E-state index contributed by atoms with van der Waals surface area (Å²) in [6, 6.07) is 14.9. The molecular weight excluding hydrogens is 372 g/mol. The summed E-state index contributed by atoms with van der Waals surface area (Å²) >= 11 is 0. The van der Waals surface area contributed by atoms with E-state index in [0.29, 0.717) is 12.1 Å². The first-order chi connectivity index (χ1) is 12.0. The predicted molar refractivity (Wildman–Crippen MR) is 104 cm³/mol. The summed E-state index contributed by atoms with van der Waals surface area (Å²) in [4.78, 5) is 12.8. The Labute approximate surface area is 160 Å². The van der Waals surface area contributed by atoms with Gasteiger partial charge in [-0.25, -0.2) is 13.1 Å². The second-order valence-corrected chi connectivity index (χ2v) is 8.03. The minimum absolute atomic E-state index is 0. The molecule has 7 heteroatoms. The number of halogens is 1. The largest absolute Gasteiger partial charge is 0.330 e. The molecule has 2 unspecified atom stereocenters. The van der Waals surface area contributed by atoms with Crippen molar-refractivity contribution in [2.45, 2.75) is 30.2 Å². The number of nitrogens with two attached hydrogens (primary N) is 1. The van der Waals surface area contributed by atoms with Crippen LogP contribution < -0.4 is 10.5 Å². The van der Waals surface area contributed by atoms with Crippen molar-refractivity contribution in [3.8, 4) is 0 Å². The van der Waals surface area contributed by atoms with Crippen molar-refractivity contribution in [1.82, 2.24) is 4.72 Å². The van der Waals surface area contributed by atoms with E-state index in [1.165, 1.54) is 6.07 Å². The maximum Gasteiger partial charge on any atom is 0.241 e. The lowest BCUT2D eigenvalue weighted by molar-refractivity contribution is 0.103. The topological polar surface area (TPSA) is 89.3 Å². The van der Waals surface area contributed by atoms with Gasteiger partial charge >= 0.3 is 0 Å². The van der Waals surface area contributed by atoms with Crippen LogP contribution in [0.5, 0.6) is 0 Å². The summed E-state index contributed by atoms with van der Waals surface area (Å²) < 4.78 is 28.6. The van der Waals surface area contributed by atoms with Gasteiger partial charge in [0.25, 0.3) is 0 Å². The number of carbonyl (C=O) groups excluding carboxylic acids is 1. The Kier molecular flexibility index (Phi) is 6.94. The number of nitrogens with one attached hydrogen (secondary N) is 1. The molecule has 1 aliphatic rings. The zero-order chi connectivity index (χ0) is 17.9. The Bertz CT molecular complexity index is 856. The minimum atomic E-state index is -3.80. The normalized spacial score (nSPS) is 19.7. The zero-order valence-electron chi connectivity index (χ0n) is 14.3. The van der Waals surface area contributed by atoms with E-state index < -0.39 is 10.0 Å². The second kappa shape index (κ2) is 8.77. The van der Waals surface area contributed by atoms with Gasteiger partial charge in [-0.3, -0.25) is 4.79 Å². The number of hydrogen-bond acceptors (Lipinski definition) is 4. The molecule has 3 rings (SSSR count). The van der Waals surface area contributed by atoms with E-state index in [1.54, 1.807) is 42.5 Å². The third-order valence-electron chi connectivity index (χ3n) is 4.73. The van der Waals surface area contributed by atoms with Crippen molar-refractivity contribution in [2.24, 2.45) is 11.7 Å². The number of rotatable bonds is 6. The van der Waals surface area contributed by atoms with Crippen LogP contribution in [-0.4, -0.2) is 26.8 Å². The zero-order valence-corrected chi connectivity index (χ0v) is 15.9. The highest BCUT2D eigenvalue weighted by atomic mass is 35.5. The number of ketones is 1. The molecule has 2 atom stereocenters. The highest BCUT2D eigenvalue weighted by Crippen LogP contribution is 2.27. The maximum atomic E-state index is 12.9. The number of carbonyl (C=O) groups is 1. The molecule has 1 saturated carbocycles. The molecule has 1 aliphatic carbocycles. The summed E-state index contributed by atoms with van der Waals surface area (Å²) in [6.45, 7) is 0.456. The van der Waals surface area contributed by atoms with Crippen LogP contribution in [0, 0.1) is 5.92 Å². The van der Waals surface area contributed by atoms with Crippen LogP contribution in [0.15, 0.2) is 59.5 Å². The van der Waals surface area contributed by atoms with Gasteiger partial charge in [-0.2, -0.15) is 0 Å². The van der Waals surface area contributed by atoms with E-state index in [-0.39, 0.29) is 40.6 Å². The molecule has 3 N–H and O–H groups in total. The molecule has 5 nitrogen and oxygen atoms in total. The number of benzene rings is 2. The van der Waals surface area contributed by atoms with E-state index in [1.807, 2.05) is 6.07 Å². The van der Waals surface area contributed by atoms with E-state index in [0.717, 1.165) is 19.3 Å². The van der Waals surface area contributed by atoms with Crippen molar-refractivity contribution < 1.29 is 13.2 Å². The van der Waals surface area contributed by atoms with Crippen LogP contribution in [0.4, 0.5) is 0 Å². The highest BCUT2D eigenvalue weighted by Gasteiger charge is 2.32. The quantitative estimate of drug-likeness (QED) is 0.737. The Hall–Kier alpha value is -1.73. The third kappa shape index (κ3) is 4.32. The first-order valence-electron chi connectivity index (χ1n) is 8.44. The Balaban J connectivity index is 0.00000243. The van der Waals surface area contributed by atoms with E-state index in [4.69, 9.17) is 5.73 Å². The maximum absolute atomic E-state index is 12.9. The molecule has 0 aliphatic heterocycles. The van der Waals surface area contributed by atoms with Gasteiger partial charge in [0, 0.05) is 17.2 Å². The van der Waals surface area contributed by atoms with Crippen LogP contribution >= 0.6 is 12.4 Å². The standard InChI is InChI=1S/C19H22N2O3S.ClH/c20-13-15-9-6-11-17(15)21-25(23,24)18-12-5-4-10-16(18)19(22)14-7-2-1-3-8-14;/h1-5,7-8,10,12,15,17,21H,6,9,11,13,20H2;1H. The predicted octanol–water partition coefficient (Wildman–Crippen LogP) is 2.75. The van der Waals surface area contributed by atoms with Gasteiger partial charge in [0.1, 0.15) is 0 Å². The average molecular weight is 395 g/mol. The first kappa shape index (κ1) is 20.6.